The van der Waals surface area contributed by atoms with Gasteiger partial charge in [-0.3, -0.25) is 19.1 Å². The molecular weight excluding hydrogens is 257 g/mol. The van der Waals surface area contributed by atoms with Crippen molar-refractivity contribution in [3.05, 3.63) is 26.7 Å². The van der Waals surface area contributed by atoms with Crippen LogP contribution in [0, 0.1) is 5.82 Å². The van der Waals surface area contributed by atoms with Gasteiger partial charge in [0.25, 0.3) is 5.56 Å². The Hall–Kier alpha value is -2.12. The molecular formula is C11H14FN3O4. The minimum absolute atomic E-state index is 0.0452. The van der Waals surface area contributed by atoms with E-state index in [1.165, 1.54) is 0 Å². The molecule has 0 aliphatic heterocycles. The Bertz CT molecular complexity index is 603. The summed E-state index contributed by atoms with van der Waals surface area (Å²) in [4.78, 5) is 35.3. The van der Waals surface area contributed by atoms with Gasteiger partial charge in [0.15, 0.2) is 0 Å². The molecule has 0 radical (unpaired) electrons. The Balaban J connectivity index is 1.95. The molecule has 0 unspecified atom stereocenters. The number of hydrogen-bond acceptors (Lipinski definition) is 4. The molecule has 0 spiro atoms. The summed E-state index contributed by atoms with van der Waals surface area (Å²) >= 11 is 0. The topological polar surface area (TPSA) is 104 Å². The zero-order valence-electron chi connectivity index (χ0n) is 10.1. The fourth-order valence-electron chi connectivity index (χ4n) is 1.67. The van der Waals surface area contributed by atoms with Gasteiger partial charge in [-0.15, -0.1) is 0 Å². The summed E-state index contributed by atoms with van der Waals surface area (Å²) < 4.78 is 13.8. The SMILES string of the molecule is O=C(CCCn1c(O)c(F)c(=O)[nH]c1=O)NC1CC1. The van der Waals surface area contributed by atoms with Crippen molar-refractivity contribution in [2.45, 2.75) is 38.3 Å². The molecule has 0 saturated heterocycles. The minimum atomic E-state index is -1.40. The maximum absolute atomic E-state index is 13.1. The van der Waals surface area contributed by atoms with E-state index in [-0.39, 0.29) is 31.3 Å². The van der Waals surface area contributed by atoms with Gasteiger partial charge in [-0.05, 0) is 19.3 Å². The number of halogens is 1. The van der Waals surface area contributed by atoms with Crippen molar-refractivity contribution >= 4 is 5.91 Å². The van der Waals surface area contributed by atoms with Crippen LogP contribution in [0.2, 0.25) is 0 Å². The van der Waals surface area contributed by atoms with E-state index in [2.05, 4.69) is 5.32 Å². The summed E-state index contributed by atoms with van der Waals surface area (Å²) in [6, 6.07) is 0.258. The third-order valence-corrected chi connectivity index (χ3v) is 2.84. The number of aromatic amines is 1. The van der Waals surface area contributed by atoms with Gasteiger partial charge in [0, 0.05) is 19.0 Å². The molecule has 8 heteroatoms. The smallest absolute Gasteiger partial charge is 0.331 e. The van der Waals surface area contributed by atoms with Crippen LogP contribution in [0.15, 0.2) is 9.59 Å². The minimum Gasteiger partial charge on any atom is -0.492 e. The van der Waals surface area contributed by atoms with E-state index in [9.17, 15) is 23.9 Å². The first-order chi connectivity index (χ1) is 8.99. The zero-order chi connectivity index (χ0) is 14.0. The number of aromatic hydroxyl groups is 1. The molecule has 1 aromatic rings. The molecule has 1 aliphatic rings. The highest BCUT2D eigenvalue weighted by atomic mass is 19.1. The van der Waals surface area contributed by atoms with Crippen LogP contribution in [0.1, 0.15) is 25.7 Å². The van der Waals surface area contributed by atoms with E-state index in [0.29, 0.717) is 4.57 Å². The van der Waals surface area contributed by atoms with E-state index in [0.717, 1.165) is 12.8 Å². The highest BCUT2D eigenvalue weighted by molar-refractivity contribution is 5.76. The Morgan fingerprint density at radius 1 is 1.47 bits per heavy atom. The van der Waals surface area contributed by atoms with Crippen LogP contribution >= 0.6 is 0 Å². The van der Waals surface area contributed by atoms with Crippen molar-refractivity contribution in [3.8, 4) is 5.88 Å². The first-order valence-corrected chi connectivity index (χ1v) is 6.00. The fraction of sp³-hybridized carbons (Fsp3) is 0.545. The molecule has 1 aliphatic carbocycles. The second-order valence-corrected chi connectivity index (χ2v) is 4.49. The number of hydrogen-bond donors (Lipinski definition) is 3. The predicted molar refractivity (Wildman–Crippen MR) is 63.3 cm³/mol. The van der Waals surface area contributed by atoms with Crippen LogP contribution in [0.3, 0.4) is 0 Å². The molecule has 19 heavy (non-hydrogen) atoms. The van der Waals surface area contributed by atoms with Crippen LogP contribution in [0.4, 0.5) is 4.39 Å². The summed E-state index contributed by atoms with van der Waals surface area (Å²) in [5.41, 5.74) is -2.16. The average Bonchev–Trinajstić information content (AvgIpc) is 3.14. The molecule has 7 nitrogen and oxygen atoms in total. The van der Waals surface area contributed by atoms with Crippen LogP contribution in [-0.4, -0.2) is 26.6 Å². The van der Waals surface area contributed by atoms with Crippen molar-refractivity contribution in [2.75, 3.05) is 0 Å². The molecule has 0 atom stereocenters. The van der Waals surface area contributed by atoms with Crippen molar-refractivity contribution < 1.29 is 14.3 Å². The van der Waals surface area contributed by atoms with E-state index in [1.807, 2.05) is 0 Å². The number of amides is 1. The predicted octanol–water partition coefficient (Wildman–Crippen LogP) is -0.560. The van der Waals surface area contributed by atoms with Crippen LogP contribution in [0.25, 0.3) is 0 Å². The van der Waals surface area contributed by atoms with Gasteiger partial charge in [0.2, 0.25) is 17.6 Å². The van der Waals surface area contributed by atoms with Gasteiger partial charge >= 0.3 is 5.69 Å². The molecule has 0 aromatic carbocycles. The van der Waals surface area contributed by atoms with Gasteiger partial charge in [-0.1, -0.05) is 0 Å². The number of carbonyl (C=O) groups excluding carboxylic acids is 1. The summed E-state index contributed by atoms with van der Waals surface area (Å²) in [5.74, 6) is -2.54. The maximum atomic E-state index is 13.1. The third kappa shape index (κ3) is 3.21. The second kappa shape index (κ2) is 5.25. The first kappa shape index (κ1) is 13.3. The van der Waals surface area contributed by atoms with Crippen LogP contribution < -0.4 is 16.6 Å². The van der Waals surface area contributed by atoms with Crippen molar-refractivity contribution in [2.24, 2.45) is 0 Å². The van der Waals surface area contributed by atoms with Crippen molar-refractivity contribution in [1.29, 1.82) is 0 Å². The van der Waals surface area contributed by atoms with Gasteiger partial charge < -0.3 is 10.4 Å². The van der Waals surface area contributed by atoms with E-state index < -0.39 is 22.9 Å². The quantitative estimate of drug-likeness (QED) is 0.667. The molecule has 104 valence electrons. The van der Waals surface area contributed by atoms with Gasteiger partial charge in [0.05, 0.1) is 0 Å². The fourth-order valence-corrected chi connectivity index (χ4v) is 1.67. The lowest BCUT2D eigenvalue weighted by molar-refractivity contribution is -0.121. The van der Waals surface area contributed by atoms with Gasteiger partial charge in [-0.2, -0.15) is 4.39 Å². The lowest BCUT2D eigenvalue weighted by Crippen LogP contribution is -2.32. The standard InChI is InChI=1S/C11H14FN3O4/c12-8-9(17)14-11(19)15(10(8)18)5-1-2-7(16)13-6-3-4-6/h6,18H,1-5H2,(H,13,16)(H,14,17,19). The lowest BCUT2D eigenvalue weighted by Gasteiger charge is -2.08. The monoisotopic (exact) mass is 271 g/mol. The van der Waals surface area contributed by atoms with E-state index in [4.69, 9.17) is 0 Å². The Kier molecular flexibility index (Phi) is 3.68. The molecule has 1 amide bonds. The maximum Gasteiger partial charge on any atom is 0.331 e. The number of rotatable bonds is 5. The van der Waals surface area contributed by atoms with E-state index >= 15 is 0 Å². The summed E-state index contributed by atoms with van der Waals surface area (Å²) in [6.07, 6.45) is 2.40. The Labute approximate surface area is 107 Å². The van der Waals surface area contributed by atoms with Gasteiger partial charge in [-0.25, -0.2) is 4.79 Å². The van der Waals surface area contributed by atoms with E-state index in [1.54, 1.807) is 4.98 Å². The number of nitrogens with one attached hydrogen (secondary N) is 2. The van der Waals surface area contributed by atoms with Crippen molar-refractivity contribution in [1.82, 2.24) is 14.9 Å². The van der Waals surface area contributed by atoms with Crippen molar-refractivity contribution in [3.63, 3.8) is 0 Å². The molecule has 1 fully saturated rings. The number of aromatic nitrogens is 2. The zero-order valence-corrected chi connectivity index (χ0v) is 10.1. The molecule has 1 heterocycles. The molecule has 2 rings (SSSR count). The Morgan fingerprint density at radius 2 is 2.16 bits per heavy atom. The summed E-state index contributed by atoms with van der Waals surface area (Å²) in [7, 11) is 0. The molecule has 3 N–H and O–H groups in total. The second-order valence-electron chi connectivity index (χ2n) is 4.49. The normalized spacial score (nSPS) is 14.4. The average molecular weight is 271 g/mol. The molecule has 1 saturated carbocycles. The first-order valence-electron chi connectivity index (χ1n) is 6.00. The molecule has 1 aromatic heterocycles. The largest absolute Gasteiger partial charge is 0.492 e. The van der Waals surface area contributed by atoms with Gasteiger partial charge in [0.1, 0.15) is 0 Å². The van der Waals surface area contributed by atoms with Crippen LogP contribution in [-0.2, 0) is 11.3 Å². The van der Waals surface area contributed by atoms with Crippen LogP contribution in [0.5, 0.6) is 5.88 Å². The Morgan fingerprint density at radius 3 is 2.79 bits per heavy atom. The highest BCUT2D eigenvalue weighted by Gasteiger charge is 2.22. The molecule has 0 bridgehead atoms. The summed E-state index contributed by atoms with van der Waals surface area (Å²) in [5, 5.41) is 12.1. The highest BCUT2D eigenvalue weighted by Crippen LogP contribution is 2.18. The number of H-pyrrole nitrogens is 1. The lowest BCUT2D eigenvalue weighted by atomic mass is 10.3. The summed E-state index contributed by atoms with van der Waals surface area (Å²) in [6.45, 7) is -0.0452. The number of nitrogens with zero attached hydrogens (tertiary/aromatic N) is 1. The number of carbonyl (C=O) groups is 1. The third-order valence-electron chi connectivity index (χ3n) is 2.84.